The van der Waals surface area contributed by atoms with E-state index < -0.39 is 11.9 Å². The van der Waals surface area contributed by atoms with Crippen LogP contribution in [0.1, 0.15) is 12.8 Å². The standard InChI is InChI=1S/C7H11NO2/c1-4-2-5(7(9)10)6(8)3-4/h5-6H,1-3,8H2,(H,9,10)/t5-,6-/m1/s1. The van der Waals surface area contributed by atoms with Gasteiger partial charge < -0.3 is 10.8 Å². The summed E-state index contributed by atoms with van der Waals surface area (Å²) in [6, 6.07) is -0.218. The molecule has 3 nitrogen and oxygen atoms in total. The van der Waals surface area contributed by atoms with Crippen molar-refractivity contribution in [2.75, 3.05) is 0 Å². The van der Waals surface area contributed by atoms with E-state index in [1.807, 2.05) is 0 Å². The first kappa shape index (κ1) is 7.28. The Morgan fingerprint density at radius 1 is 1.70 bits per heavy atom. The number of rotatable bonds is 1. The average molecular weight is 141 g/mol. The lowest BCUT2D eigenvalue weighted by atomic mass is 10.1. The van der Waals surface area contributed by atoms with Crippen molar-refractivity contribution in [1.29, 1.82) is 0 Å². The van der Waals surface area contributed by atoms with Gasteiger partial charge in [0.25, 0.3) is 0 Å². The summed E-state index contributed by atoms with van der Waals surface area (Å²) in [5, 5.41) is 8.58. The summed E-state index contributed by atoms with van der Waals surface area (Å²) in [6.45, 7) is 3.69. The maximum Gasteiger partial charge on any atom is 0.308 e. The molecule has 0 heterocycles. The molecule has 0 aromatic heterocycles. The molecule has 0 aromatic rings. The summed E-state index contributed by atoms with van der Waals surface area (Å²) in [6.07, 6.45) is 1.22. The first-order chi connectivity index (χ1) is 4.61. The van der Waals surface area contributed by atoms with Gasteiger partial charge in [0, 0.05) is 6.04 Å². The van der Waals surface area contributed by atoms with Crippen LogP contribution in [0.15, 0.2) is 12.2 Å². The maximum absolute atomic E-state index is 10.4. The molecule has 0 saturated heterocycles. The van der Waals surface area contributed by atoms with Crippen LogP contribution in [-0.4, -0.2) is 17.1 Å². The molecule has 56 valence electrons. The second kappa shape index (κ2) is 2.42. The third-order valence-corrected chi connectivity index (χ3v) is 1.87. The molecule has 1 saturated carbocycles. The van der Waals surface area contributed by atoms with E-state index in [4.69, 9.17) is 10.8 Å². The zero-order chi connectivity index (χ0) is 7.72. The molecule has 0 aliphatic heterocycles. The second-order valence-corrected chi connectivity index (χ2v) is 2.77. The largest absolute Gasteiger partial charge is 0.481 e. The van der Waals surface area contributed by atoms with Crippen LogP contribution in [0, 0.1) is 5.92 Å². The fraction of sp³-hybridized carbons (Fsp3) is 0.571. The molecule has 10 heavy (non-hydrogen) atoms. The molecule has 0 spiro atoms. The van der Waals surface area contributed by atoms with Gasteiger partial charge in [0.1, 0.15) is 0 Å². The van der Waals surface area contributed by atoms with Gasteiger partial charge in [-0.2, -0.15) is 0 Å². The van der Waals surface area contributed by atoms with E-state index in [9.17, 15) is 4.79 Å². The number of carbonyl (C=O) groups is 1. The zero-order valence-electron chi connectivity index (χ0n) is 5.71. The Morgan fingerprint density at radius 3 is 2.50 bits per heavy atom. The van der Waals surface area contributed by atoms with Gasteiger partial charge in [-0.05, 0) is 12.8 Å². The fourth-order valence-corrected chi connectivity index (χ4v) is 1.29. The summed E-state index contributed by atoms with van der Waals surface area (Å²) in [5.41, 5.74) is 6.49. The number of hydrogen-bond donors (Lipinski definition) is 2. The van der Waals surface area contributed by atoms with Crippen molar-refractivity contribution in [3.05, 3.63) is 12.2 Å². The van der Waals surface area contributed by atoms with Crippen molar-refractivity contribution >= 4 is 5.97 Å². The molecule has 0 aromatic carbocycles. The van der Waals surface area contributed by atoms with Gasteiger partial charge in [0.15, 0.2) is 0 Å². The summed E-state index contributed by atoms with van der Waals surface area (Å²) >= 11 is 0. The molecule has 1 rings (SSSR count). The number of hydrogen-bond acceptors (Lipinski definition) is 2. The highest BCUT2D eigenvalue weighted by Crippen LogP contribution is 2.27. The Bertz CT molecular complexity index is 176. The van der Waals surface area contributed by atoms with Crippen molar-refractivity contribution in [3.63, 3.8) is 0 Å². The monoisotopic (exact) mass is 141 g/mol. The number of aliphatic carboxylic acids is 1. The van der Waals surface area contributed by atoms with Crippen LogP contribution in [0.25, 0.3) is 0 Å². The minimum absolute atomic E-state index is 0.218. The third kappa shape index (κ3) is 1.19. The van der Waals surface area contributed by atoms with Crippen LogP contribution in [0.3, 0.4) is 0 Å². The molecule has 0 radical (unpaired) electrons. The molecule has 0 bridgehead atoms. The van der Waals surface area contributed by atoms with Crippen LogP contribution in [0.5, 0.6) is 0 Å². The van der Waals surface area contributed by atoms with Gasteiger partial charge in [0.2, 0.25) is 0 Å². The lowest BCUT2D eigenvalue weighted by Gasteiger charge is -2.07. The Labute approximate surface area is 59.5 Å². The zero-order valence-corrected chi connectivity index (χ0v) is 5.71. The molecule has 0 unspecified atom stereocenters. The van der Waals surface area contributed by atoms with Crippen molar-refractivity contribution in [2.24, 2.45) is 11.7 Å². The SMILES string of the molecule is C=C1C[C@@H](N)[C@H](C(=O)O)C1. The first-order valence-electron chi connectivity index (χ1n) is 3.26. The Hall–Kier alpha value is -0.830. The van der Waals surface area contributed by atoms with E-state index >= 15 is 0 Å². The van der Waals surface area contributed by atoms with E-state index in [2.05, 4.69) is 6.58 Å². The number of nitrogens with two attached hydrogens (primary N) is 1. The molecule has 1 aliphatic carbocycles. The average Bonchev–Trinajstić information content (AvgIpc) is 2.10. The third-order valence-electron chi connectivity index (χ3n) is 1.87. The van der Waals surface area contributed by atoms with Crippen LogP contribution < -0.4 is 5.73 Å². The Kier molecular flexibility index (Phi) is 1.76. The second-order valence-electron chi connectivity index (χ2n) is 2.77. The van der Waals surface area contributed by atoms with Gasteiger partial charge in [-0.1, -0.05) is 12.2 Å². The Balaban J connectivity index is 2.63. The van der Waals surface area contributed by atoms with Gasteiger partial charge >= 0.3 is 5.97 Å². The minimum Gasteiger partial charge on any atom is -0.481 e. The van der Waals surface area contributed by atoms with Gasteiger partial charge in [-0.3, -0.25) is 4.79 Å². The summed E-state index contributed by atoms with van der Waals surface area (Å²) in [5.74, 6) is -1.20. The first-order valence-corrected chi connectivity index (χ1v) is 3.26. The molecule has 3 N–H and O–H groups in total. The van der Waals surface area contributed by atoms with E-state index in [1.165, 1.54) is 0 Å². The van der Waals surface area contributed by atoms with Crippen LogP contribution >= 0.6 is 0 Å². The predicted molar refractivity (Wildman–Crippen MR) is 37.5 cm³/mol. The molecule has 2 atom stereocenters. The molecule has 1 fully saturated rings. The van der Waals surface area contributed by atoms with Crippen molar-refractivity contribution in [2.45, 2.75) is 18.9 Å². The summed E-state index contributed by atoms with van der Waals surface area (Å²) in [4.78, 5) is 10.4. The van der Waals surface area contributed by atoms with E-state index in [-0.39, 0.29) is 6.04 Å². The van der Waals surface area contributed by atoms with E-state index in [1.54, 1.807) is 0 Å². The lowest BCUT2D eigenvalue weighted by molar-refractivity contribution is -0.141. The van der Waals surface area contributed by atoms with Gasteiger partial charge in [-0.15, -0.1) is 0 Å². The van der Waals surface area contributed by atoms with Crippen molar-refractivity contribution < 1.29 is 9.90 Å². The molecule has 1 aliphatic rings. The number of carboxylic acid groups (broad SMARTS) is 1. The molecular weight excluding hydrogens is 130 g/mol. The molecule has 0 amide bonds. The normalized spacial score (nSPS) is 32.7. The minimum atomic E-state index is -0.800. The van der Waals surface area contributed by atoms with Crippen LogP contribution in [0.4, 0.5) is 0 Å². The molecule has 3 heteroatoms. The Morgan fingerprint density at radius 2 is 2.30 bits per heavy atom. The quantitative estimate of drug-likeness (QED) is 0.518. The fourth-order valence-electron chi connectivity index (χ4n) is 1.29. The van der Waals surface area contributed by atoms with Gasteiger partial charge in [-0.25, -0.2) is 0 Å². The smallest absolute Gasteiger partial charge is 0.308 e. The van der Waals surface area contributed by atoms with Crippen molar-refractivity contribution in [3.8, 4) is 0 Å². The van der Waals surface area contributed by atoms with Gasteiger partial charge in [0.05, 0.1) is 5.92 Å². The van der Waals surface area contributed by atoms with Crippen LogP contribution in [0.2, 0.25) is 0 Å². The van der Waals surface area contributed by atoms with Crippen molar-refractivity contribution in [1.82, 2.24) is 0 Å². The highest BCUT2D eigenvalue weighted by molar-refractivity contribution is 5.72. The van der Waals surface area contributed by atoms with E-state index in [0.717, 1.165) is 5.57 Å². The summed E-state index contributed by atoms with van der Waals surface area (Å²) in [7, 11) is 0. The molecular formula is C7H11NO2. The number of carboxylic acids is 1. The highest BCUT2D eigenvalue weighted by Gasteiger charge is 2.31. The topological polar surface area (TPSA) is 63.3 Å². The predicted octanol–water partition coefficient (Wildman–Crippen LogP) is 0.365. The highest BCUT2D eigenvalue weighted by atomic mass is 16.4. The van der Waals surface area contributed by atoms with E-state index in [0.29, 0.717) is 12.8 Å². The lowest BCUT2D eigenvalue weighted by Crippen LogP contribution is -2.30. The van der Waals surface area contributed by atoms with Crippen LogP contribution in [-0.2, 0) is 4.79 Å². The summed E-state index contributed by atoms with van der Waals surface area (Å²) < 4.78 is 0. The maximum atomic E-state index is 10.4.